The van der Waals surface area contributed by atoms with E-state index in [1.54, 1.807) is 11.1 Å². The lowest BCUT2D eigenvalue weighted by atomic mass is 10.2. The van der Waals surface area contributed by atoms with Crippen molar-refractivity contribution in [3.63, 3.8) is 0 Å². The summed E-state index contributed by atoms with van der Waals surface area (Å²) in [5.41, 5.74) is -0.500. The Morgan fingerprint density at radius 1 is 1.03 bits per heavy atom. The maximum absolute atomic E-state index is 12.3. The van der Waals surface area contributed by atoms with Crippen molar-refractivity contribution < 1.29 is 19.0 Å². The van der Waals surface area contributed by atoms with Crippen LogP contribution in [0.25, 0.3) is 10.8 Å². The first-order valence-electron chi connectivity index (χ1n) is 10.5. The molecular weight excluding hydrogens is 430 g/mol. The number of benzene rings is 1. The van der Waals surface area contributed by atoms with Crippen LogP contribution in [0.2, 0.25) is 0 Å². The van der Waals surface area contributed by atoms with Crippen molar-refractivity contribution in [2.24, 2.45) is 0 Å². The maximum Gasteiger partial charge on any atom is 0.410 e. The first-order valence-corrected chi connectivity index (χ1v) is 11.3. The van der Waals surface area contributed by atoms with Crippen molar-refractivity contribution in [3.05, 3.63) is 36.7 Å². The molecule has 0 saturated carbocycles. The van der Waals surface area contributed by atoms with Gasteiger partial charge in [0.2, 0.25) is 5.82 Å². The minimum Gasteiger partial charge on any atom is -0.490 e. The summed E-state index contributed by atoms with van der Waals surface area (Å²) in [5, 5.41) is 2.15. The molecule has 0 N–H and O–H groups in total. The molecule has 0 unspecified atom stereocenters. The number of anilines is 1. The van der Waals surface area contributed by atoms with Gasteiger partial charge in [0, 0.05) is 44.0 Å². The fraction of sp³-hybridized carbons (Fsp3) is 0.455. The summed E-state index contributed by atoms with van der Waals surface area (Å²) in [6.45, 7) is 8.74. The Labute approximate surface area is 191 Å². The second-order valence-corrected chi connectivity index (χ2v) is 8.96. The smallest absolute Gasteiger partial charge is 0.410 e. The number of ether oxygens (including phenoxy) is 3. The van der Waals surface area contributed by atoms with Crippen LogP contribution in [0.3, 0.4) is 0 Å². The normalized spacial score (nSPS) is 14.5. The maximum atomic E-state index is 12.3. The lowest BCUT2D eigenvalue weighted by molar-refractivity contribution is 0.0240. The average molecular weight is 458 g/mol. The van der Waals surface area contributed by atoms with Gasteiger partial charge in [0.1, 0.15) is 24.6 Å². The molecule has 0 spiro atoms. The van der Waals surface area contributed by atoms with Crippen LogP contribution < -0.4 is 14.4 Å². The van der Waals surface area contributed by atoms with Gasteiger partial charge >= 0.3 is 6.09 Å². The van der Waals surface area contributed by atoms with Crippen LogP contribution in [-0.4, -0.2) is 69.7 Å². The summed E-state index contributed by atoms with van der Waals surface area (Å²) in [4.78, 5) is 20.2. The summed E-state index contributed by atoms with van der Waals surface area (Å²) in [6.07, 6.45) is 3.30. The summed E-state index contributed by atoms with van der Waals surface area (Å²) in [6, 6.07) is 7.86. The van der Waals surface area contributed by atoms with E-state index in [0.29, 0.717) is 51.1 Å². The van der Waals surface area contributed by atoms with Crippen molar-refractivity contribution >= 4 is 34.4 Å². The van der Waals surface area contributed by atoms with Gasteiger partial charge in [-0.3, -0.25) is 4.98 Å². The third kappa shape index (κ3) is 5.56. The van der Waals surface area contributed by atoms with Gasteiger partial charge in [0.05, 0.1) is 11.7 Å². The molecule has 3 aromatic rings. The SMILES string of the molecule is CC(C)(C)OC(=O)N1CCN(c2nsnc2OCCOc2ccc3ccncc3c2)CC1. The van der Waals surface area contributed by atoms with Crippen LogP contribution in [0, 0.1) is 0 Å². The number of nitrogens with zero attached hydrogens (tertiary/aromatic N) is 5. The zero-order valence-electron chi connectivity index (χ0n) is 18.5. The molecule has 9 nitrogen and oxygen atoms in total. The molecule has 1 saturated heterocycles. The van der Waals surface area contributed by atoms with E-state index in [4.69, 9.17) is 14.2 Å². The zero-order valence-corrected chi connectivity index (χ0v) is 19.3. The molecule has 3 heterocycles. The highest BCUT2D eigenvalue weighted by atomic mass is 32.1. The predicted octanol–water partition coefficient (Wildman–Crippen LogP) is 3.60. The van der Waals surface area contributed by atoms with E-state index in [2.05, 4.69) is 18.6 Å². The summed E-state index contributed by atoms with van der Waals surface area (Å²) in [7, 11) is 0. The van der Waals surface area contributed by atoms with Gasteiger partial charge < -0.3 is 24.0 Å². The molecule has 4 rings (SSSR count). The molecular formula is C22H27N5O4S. The largest absolute Gasteiger partial charge is 0.490 e. The molecule has 0 aliphatic carbocycles. The highest BCUT2D eigenvalue weighted by Crippen LogP contribution is 2.27. The number of hydrogen-bond acceptors (Lipinski definition) is 9. The van der Waals surface area contributed by atoms with Gasteiger partial charge in [0.25, 0.3) is 5.88 Å². The van der Waals surface area contributed by atoms with Gasteiger partial charge in [0.15, 0.2) is 0 Å². The quantitative estimate of drug-likeness (QED) is 0.519. The number of piperazine rings is 1. The van der Waals surface area contributed by atoms with Crippen molar-refractivity contribution in [3.8, 4) is 11.6 Å². The minimum absolute atomic E-state index is 0.286. The summed E-state index contributed by atoms with van der Waals surface area (Å²) >= 11 is 1.11. The number of hydrogen-bond donors (Lipinski definition) is 0. The van der Waals surface area contributed by atoms with Gasteiger partial charge in [-0.25, -0.2) is 4.79 Å². The van der Waals surface area contributed by atoms with Gasteiger partial charge in [-0.15, -0.1) is 4.37 Å². The topological polar surface area (TPSA) is 89.9 Å². The molecule has 170 valence electrons. The third-order valence-corrected chi connectivity index (χ3v) is 5.38. The van der Waals surface area contributed by atoms with E-state index in [9.17, 15) is 4.79 Å². The number of aromatic nitrogens is 3. The number of rotatable bonds is 6. The molecule has 1 amide bonds. The van der Waals surface area contributed by atoms with Gasteiger partial charge in [-0.05, 0) is 44.4 Å². The number of carbonyl (C=O) groups is 1. The van der Waals surface area contributed by atoms with Crippen LogP contribution in [0.5, 0.6) is 11.6 Å². The lowest BCUT2D eigenvalue weighted by Gasteiger charge is -2.35. The number of carbonyl (C=O) groups excluding carboxylic acids is 1. The molecule has 32 heavy (non-hydrogen) atoms. The van der Waals surface area contributed by atoms with Gasteiger partial charge in [-0.2, -0.15) is 4.37 Å². The van der Waals surface area contributed by atoms with E-state index >= 15 is 0 Å². The van der Waals surface area contributed by atoms with Gasteiger partial charge in [-0.1, -0.05) is 6.07 Å². The fourth-order valence-electron chi connectivity index (χ4n) is 3.34. The molecule has 10 heteroatoms. The number of amides is 1. The fourth-order valence-corrected chi connectivity index (χ4v) is 3.86. The lowest BCUT2D eigenvalue weighted by Crippen LogP contribution is -2.50. The molecule has 1 aliphatic rings. The standard InChI is InChI=1S/C22H27N5O4S/c1-22(2,3)31-21(28)27-10-8-26(9-11-27)19-20(25-32-24-19)30-13-12-29-18-5-4-16-6-7-23-15-17(16)14-18/h4-7,14-15H,8-13H2,1-3H3. The van der Waals surface area contributed by atoms with Crippen LogP contribution in [0.1, 0.15) is 20.8 Å². The summed E-state index contributed by atoms with van der Waals surface area (Å²) in [5.74, 6) is 1.96. The van der Waals surface area contributed by atoms with E-state index in [0.717, 1.165) is 28.3 Å². The number of fused-ring (bicyclic) bond motifs is 1. The zero-order chi connectivity index (χ0) is 22.6. The van der Waals surface area contributed by atoms with Crippen LogP contribution in [0.15, 0.2) is 36.7 Å². The van der Waals surface area contributed by atoms with E-state index in [1.807, 2.05) is 51.2 Å². The van der Waals surface area contributed by atoms with E-state index in [-0.39, 0.29) is 6.09 Å². The third-order valence-electron chi connectivity index (χ3n) is 4.88. The van der Waals surface area contributed by atoms with Crippen molar-refractivity contribution in [1.29, 1.82) is 0 Å². The Balaban J connectivity index is 1.25. The van der Waals surface area contributed by atoms with Crippen LogP contribution in [0.4, 0.5) is 10.6 Å². The molecule has 1 aromatic carbocycles. The number of pyridine rings is 1. The second-order valence-electron chi connectivity index (χ2n) is 8.43. The first kappa shape index (κ1) is 22.1. The van der Waals surface area contributed by atoms with Crippen LogP contribution >= 0.6 is 11.7 Å². The average Bonchev–Trinajstić information content (AvgIpc) is 3.24. The second kappa shape index (κ2) is 9.56. The van der Waals surface area contributed by atoms with E-state index in [1.165, 1.54) is 0 Å². The Morgan fingerprint density at radius 2 is 1.81 bits per heavy atom. The summed E-state index contributed by atoms with van der Waals surface area (Å²) < 4.78 is 25.8. The van der Waals surface area contributed by atoms with Crippen molar-refractivity contribution in [1.82, 2.24) is 18.6 Å². The highest BCUT2D eigenvalue weighted by Gasteiger charge is 2.28. The molecule has 0 atom stereocenters. The molecule has 2 aromatic heterocycles. The van der Waals surface area contributed by atoms with Crippen molar-refractivity contribution in [2.45, 2.75) is 26.4 Å². The monoisotopic (exact) mass is 457 g/mol. The predicted molar refractivity (Wildman–Crippen MR) is 123 cm³/mol. The Hall–Kier alpha value is -3.14. The first-order chi connectivity index (χ1) is 15.4. The van der Waals surface area contributed by atoms with Crippen LogP contribution in [-0.2, 0) is 4.74 Å². The molecule has 1 fully saturated rings. The Morgan fingerprint density at radius 3 is 2.59 bits per heavy atom. The van der Waals surface area contributed by atoms with Crippen molar-refractivity contribution in [2.75, 3.05) is 44.3 Å². The Kier molecular flexibility index (Phi) is 6.59. The minimum atomic E-state index is -0.500. The molecule has 0 radical (unpaired) electrons. The molecule has 0 bridgehead atoms. The van der Waals surface area contributed by atoms with E-state index < -0.39 is 5.60 Å². The highest BCUT2D eigenvalue weighted by molar-refractivity contribution is 6.99. The Bertz CT molecular complexity index is 1060. The molecule has 1 aliphatic heterocycles.